The third-order valence-corrected chi connectivity index (χ3v) is 2.93. The highest BCUT2D eigenvalue weighted by atomic mass is 16.5. The maximum absolute atomic E-state index is 5.88. The second-order valence-corrected chi connectivity index (χ2v) is 3.78. The van der Waals surface area contributed by atoms with Crippen LogP contribution < -0.4 is 5.73 Å². The van der Waals surface area contributed by atoms with Gasteiger partial charge < -0.3 is 10.3 Å². The van der Waals surface area contributed by atoms with Gasteiger partial charge in [-0.3, -0.25) is 0 Å². The van der Waals surface area contributed by atoms with E-state index in [-0.39, 0.29) is 0 Å². The highest BCUT2D eigenvalue weighted by Crippen LogP contribution is 2.40. The SMILES string of the molecule is Nc1ccnc2onc(C3CCC3)c12. The molecule has 2 aromatic heterocycles. The Labute approximate surface area is 81.1 Å². The van der Waals surface area contributed by atoms with Gasteiger partial charge in [0.2, 0.25) is 0 Å². The van der Waals surface area contributed by atoms with Crippen LogP contribution >= 0.6 is 0 Å². The van der Waals surface area contributed by atoms with Crippen LogP contribution in [0.4, 0.5) is 5.69 Å². The van der Waals surface area contributed by atoms with Gasteiger partial charge in [-0.25, -0.2) is 4.98 Å². The molecule has 72 valence electrons. The molecule has 1 fully saturated rings. The van der Waals surface area contributed by atoms with Gasteiger partial charge >= 0.3 is 0 Å². The monoisotopic (exact) mass is 189 g/mol. The fraction of sp³-hybridized carbons (Fsp3) is 0.400. The van der Waals surface area contributed by atoms with Crippen LogP contribution in [0.25, 0.3) is 11.1 Å². The first-order chi connectivity index (χ1) is 6.86. The fourth-order valence-corrected chi connectivity index (χ4v) is 1.88. The fourth-order valence-electron chi connectivity index (χ4n) is 1.88. The molecule has 3 rings (SSSR count). The van der Waals surface area contributed by atoms with Crippen molar-refractivity contribution in [3.63, 3.8) is 0 Å². The molecule has 2 N–H and O–H groups in total. The summed E-state index contributed by atoms with van der Waals surface area (Å²) in [6.45, 7) is 0. The van der Waals surface area contributed by atoms with E-state index in [2.05, 4.69) is 10.1 Å². The lowest BCUT2D eigenvalue weighted by atomic mass is 9.82. The standard InChI is InChI=1S/C10H11N3O/c11-7-4-5-12-10-8(7)9(13-14-10)6-2-1-3-6/h4-6H,1-3H2,(H2,11,12). The average Bonchev–Trinajstić information content (AvgIpc) is 2.47. The van der Waals surface area contributed by atoms with Gasteiger partial charge in [0.05, 0.1) is 11.1 Å². The molecule has 2 heterocycles. The van der Waals surface area contributed by atoms with E-state index in [4.69, 9.17) is 10.3 Å². The van der Waals surface area contributed by atoms with E-state index >= 15 is 0 Å². The summed E-state index contributed by atoms with van der Waals surface area (Å²) in [5.41, 5.74) is 8.16. The van der Waals surface area contributed by atoms with Crippen LogP contribution in [0.2, 0.25) is 0 Å². The molecule has 0 saturated heterocycles. The maximum atomic E-state index is 5.88. The summed E-state index contributed by atoms with van der Waals surface area (Å²) in [6.07, 6.45) is 5.30. The molecule has 0 aromatic carbocycles. The molecule has 14 heavy (non-hydrogen) atoms. The molecule has 2 aromatic rings. The molecule has 0 spiro atoms. The quantitative estimate of drug-likeness (QED) is 0.745. The molecule has 0 amide bonds. The minimum absolute atomic E-state index is 0.530. The molecule has 0 unspecified atom stereocenters. The predicted octanol–water partition coefficient (Wildman–Crippen LogP) is 2.07. The van der Waals surface area contributed by atoms with Crippen molar-refractivity contribution in [3.05, 3.63) is 18.0 Å². The van der Waals surface area contributed by atoms with Gasteiger partial charge in [0.15, 0.2) is 0 Å². The van der Waals surface area contributed by atoms with Crippen molar-refractivity contribution in [1.29, 1.82) is 0 Å². The van der Waals surface area contributed by atoms with E-state index in [0.29, 0.717) is 11.6 Å². The van der Waals surface area contributed by atoms with Gasteiger partial charge in [0.25, 0.3) is 5.71 Å². The number of anilines is 1. The number of nitrogens with zero attached hydrogens (tertiary/aromatic N) is 2. The van der Waals surface area contributed by atoms with Crippen LogP contribution in [-0.2, 0) is 0 Å². The Morgan fingerprint density at radius 3 is 3.00 bits per heavy atom. The van der Waals surface area contributed by atoms with Crippen LogP contribution in [0.5, 0.6) is 0 Å². The van der Waals surface area contributed by atoms with Gasteiger partial charge in [-0.05, 0) is 18.9 Å². The van der Waals surface area contributed by atoms with E-state index in [1.165, 1.54) is 19.3 Å². The van der Waals surface area contributed by atoms with E-state index in [1.807, 2.05) is 0 Å². The Morgan fingerprint density at radius 1 is 1.43 bits per heavy atom. The molecule has 0 radical (unpaired) electrons. The Balaban J connectivity index is 2.23. The Morgan fingerprint density at radius 2 is 2.29 bits per heavy atom. The number of hydrogen-bond acceptors (Lipinski definition) is 4. The highest BCUT2D eigenvalue weighted by molar-refractivity contribution is 5.88. The van der Waals surface area contributed by atoms with Gasteiger partial charge in [-0.15, -0.1) is 0 Å². The molecular weight excluding hydrogens is 178 g/mol. The number of nitrogen functional groups attached to an aromatic ring is 1. The molecule has 0 atom stereocenters. The molecule has 0 aliphatic heterocycles. The van der Waals surface area contributed by atoms with Crippen LogP contribution in [-0.4, -0.2) is 10.1 Å². The smallest absolute Gasteiger partial charge is 0.260 e. The summed E-state index contributed by atoms with van der Waals surface area (Å²) in [4.78, 5) is 4.09. The van der Waals surface area contributed by atoms with E-state index in [1.54, 1.807) is 12.3 Å². The highest BCUT2D eigenvalue weighted by Gasteiger charge is 2.26. The summed E-state index contributed by atoms with van der Waals surface area (Å²) in [7, 11) is 0. The minimum Gasteiger partial charge on any atom is -0.398 e. The summed E-state index contributed by atoms with van der Waals surface area (Å²) in [5, 5.41) is 4.97. The van der Waals surface area contributed by atoms with E-state index < -0.39 is 0 Å². The normalized spacial score (nSPS) is 17.1. The first-order valence-electron chi connectivity index (χ1n) is 4.86. The van der Waals surface area contributed by atoms with Gasteiger partial charge in [-0.1, -0.05) is 11.6 Å². The molecule has 0 bridgehead atoms. The zero-order valence-electron chi connectivity index (χ0n) is 7.73. The van der Waals surface area contributed by atoms with Crippen LogP contribution in [0.15, 0.2) is 16.8 Å². The van der Waals surface area contributed by atoms with Crippen LogP contribution in [0.1, 0.15) is 30.9 Å². The third-order valence-electron chi connectivity index (χ3n) is 2.93. The predicted molar refractivity (Wildman–Crippen MR) is 52.8 cm³/mol. The number of aromatic nitrogens is 2. The Hall–Kier alpha value is -1.58. The van der Waals surface area contributed by atoms with Gasteiger partial charge in [-0.2, -0.15) is 0 Å². The summed E-state index contributed by atoms with van der Waals surface area (Å²) in [5.74, 6) is 0.530. The van der Waals surface area contributed by atoms with E-state index in [0.717, 1.165) is 16.8 Å². The molecule has 4 heteroatoms. The van der Waals surface area contributed by atoms with Gasteiger partial charge in [0, 0.05) is 17.8 Å². The topological polar surface area (TPSA) is 64.9 Å². The van der Waals surface area contributed by atoms with E-state index in [9.17, 15) is 0 Å². The number of hydrogen-bond donors (Lipinski definition) is 1. The largest absolute Gasteiger partial charge is 0.398 e. The van der Waals surface area contributed by atoms with Crippen molar-refractivity contribution in [3.8, 4) is 0 Å². The lowest BCUT2D eigenvalue weighted by Crippen LogP contribution is -2.09. The van der Waals surface area contributed by atoms with Crippen molar-refractivity contribution in [2.75, 3.05) is 5.73 Å². The van der Waals surface area contributed by atoms with Crippen molar-refractivity contribution in [1.82, 2.24) is 10.1 Å². The number of rotatable bonds is 1. The van der Waals surface area contributed by atoms with Crippen molar-refractivity contribution in [2.24, 2.45) is 0 Å². The van der Waals surface area contributed by atoms with Crippen molar-refractivity contribution < 1.29 is 4.52 Å². The van der Waals surface area contributed by atoms with Crippen molar-refractivity contribution >= 4 is 16.8 Å². The molecule has 4 nitrogen and oxygen atoms in total. The molecule has 1 aliphatic rings. The van der Waals surface area contributed by atoms with Gasteiger partial charge in [0.1, 0.15) is 0 Å². The molecular formula is C10H11N3O. The first-order valence-corrected chi connectivity index (χ1v) is 4.86. The molecule has 1 saturated carbocycles. The summed E-state index contributed by atoms with van der Waals surface area (Å²) < 4.78 is 5.15. The summed E-state index contributed by atoms with van der Waals surface area (Å²) >= 11 is 0. The second kappa shape index (κ2) is 2.70. The second-order valence-electron chi connectivity index (χ2n) is 3.78. The minimum atomic E-state index is 0.530. The van der Waals surface area contributed by atoms with Crippen molar-refractivity contribution in [2.45, 2.75) is 25.2 Å². The number of nitrogens with two attached hydrogens (primary N) is 1. The third kappa shape index (κ3) is 0.937. The lowest BCUT2D eigenvalue weighted by molar-refractivity contribution is 0.373. The zero-order valence-corrected chi connectivity index (χ0v) is 7.73. The Bertz CT molecular complexity index is 473. The number of fused-ring (bicyclic) bond motifs is 1. The molecule has 1 aliphatic carbocycles. The lowest BCUT2D eigenvalue weighted by Gasteiger charge is -2.22. The zero-order chi connectivity index (χ0) is 9.54. The van der Waals surface area contributed by atoms with Crippen LogP contribution in [0.3, 0.4) is 0 Å². The summed E-state index contributed by atoms with van der Waals surface area (Å²) in [6, 6.07) is 1.79. The average molecular weight is 189 g/mol. The maximum Gasteiger partial charge on any atom is 0.260 e. The number of pyridine rings is 1. The Kier molecular flexibility index (Phi) is 1.50. The first kappa shape index (κ1) is 7.79. The van der Waals surface area contributed by atoms with Crippen LogP contribution in [0, 0.1) is 0 Å².